The molecule has 1 aliphatic rings. The largest absolute Gasteiger partial charge is 0.453 e. The topological polar surface area (TPSA) is 26.3 Å². The minimum absolute atomic E-state index is 0.0898. The number of halogens is 3. The van der Waals surface area contributed by atoms with Crippen LogP contribution in [0.15, 0.2) is 12.2 Å². The van der Waals surface area contributed by atoms with Crippen molar-refractivity contribution in [3.63, 3.8) is 0 Å². The van der Waals surface area contributed by atoms with Gasteiger partial charge in [-0.3, -0.25) is 4.79 Å². The molecule has 1 aliphatic heterocycles. The quantitative estimate of drug-likeness (QED) is 0.447. The number of carbonyl (C=O) groups is 1. The maximum absolute atomic E-state index is 12.8. The average molecular weight is 306 g/mol. The fraction of sp³-hybridized carbons (Fsp3) is 0.812. The number of esters is 1. The third-order valence-electron chi connectivity index (χ3n) is 3.64. The van der Waals surface area contributed by atoms with Crippen LogP contribution in [0.4, 0.5) is 13.2 Å². The van der Waals surface area contributed by atoms with Crippen molar-refractivity contribution in [2.24, 2.45) is 0 Å². The summed E-state index contributed by atoms with van der Waals surface area (Å²) >= 11 is 0. The van der Waals surface area contributed by atoms with E-state index >= 15 is 0 Å². The lowest BCUT2D eigenvalue weighted by Gasteiger charge is -2.20. The van der Waals surface area contributed by atoms with Crippen LogP contribution < -0.4 is 0 Å². The maximum Gasteiger partial charge on any atom is 0.425 e. The maximum atomic E-state index is 12.8. The van der Waals surface area contributed by atoms with Gasteiger partial charge in [-0.25, -0.2) is 0 Å². The van der Waals surface area contributed by atoms with Crippen molar-refractivity contribution in [3.05, 3.63) is 12.2 Å². The normalized spacial score (nSPS) is 24.5. The van der Waals surface area contributed by atoms with Crippen molar-refractivity contribution >= 4 is 5.97 Å². The Kier molecular flexibility index (Phi) is 8.47. The van der Waals surface area contributed by atoms with Crippen LogP contribution in [0, 0.1) is 0 Å². The van der Waals surface area contributed by atoms with E-state index in [0.717, 1.165) is 32.1 Å². The molecule has 0 saturated heterocycles. The van der Waals surface area contributed by atoms with Gasteiger partial charge in [0.25, 0.3) is 0 Å². The Balaban J connectivity index is 2.52. The van der Waals surface area contributed by atoms with E-state index in [1.54, 1.807) is 0 Å². The Morgan fingerprint density at radius 3 is 2.14 bits per heavy atom. The first-order valence-electron chi connectivity index (χ1n) is 7.91. The molecule has 1 heterocycles. The van der Waals surface area contributed by atoms with Gasteiger partial charge in [-0.2, -0.15) is 13.2 Å². The van der Waals surface area contributed by atoms with E-state index in [0.29, 0.717) is 19.3 Å². The molecule has 0 saturated carbocycles. The van der Waals surface area contributed by atoms with Crippen molar-refractivity contribution < 1.29 is 22.7 Å². The third-order valence-corrected chi connectivity index (χ3v) is 3.64. The lowest BCUT2D eigenvalue weighted by Crippen LogP contribution is -2.33. The van der Waals surface area contributed by atoms with E-state index in [4.69, 9.17) is 0 Å². The monoisotopic (exact) mass is 306 g/mol. The van der Waals surface area contributed by atoms with E-state index in [2.05, 4.69) is 4.74 Å². The zero-order valence-electron chi connectivity index (χ0n) is 12.5. The average Bonchev–Trinajstić information content (AvgIpc) is 2.40. The summed E-state index contributed by atoms with van der Waals surface area (Å²) in [4.78, 5) is 11.5. The van der Waals surface area contributed by atoms with Gasteiger partial charge in [0.1, 0.15) is 0 Å². The molecule has 1 atom stereocenters. The molecule has 0 amide bonds. The van der Waals surface area contributed by atoms with E-state index in [1.807, 2.05) is 12.2 Å². The highest BCUT2D eigenvalue weighted by Gasteiger charge is 2.42. The van der Waals surface area contributed by atoms with Gasteiger partial charge in [0.2, 0.25) is 0 Å². The van der Waals surface area contributed by atoms with Gasteiger partial charge < -0.3 is 4.74 Å². The molecule has 0 aromatic rings. The lowest BCUT2D eigenvalue weighted by molar-refractivity contribution is -0.222. The van der Waals surface area contributed by atoms with E-state index in [9.17, 15) is 18.0 Å². The predicted molar refractivity (Wildman–Crippen MR) is 75.9 cm³/mol. The summed E-state index contributed by atoms with van der Waals surface area (Å²) < 4.78 is 43.1. The molecule has 122 valence electrons. The SMILES string of the molecule is O=C1CCCCCCCCC=CCCCC(C(F)(F)F)O1. The number of hydrogen-bond donors (Lipinski definition) is 0. The summed E-state index contributed by atoms with van der Waals surface area (Å²) in [5.41, 5.74) is 0. The molecule has 21 heavy (non-hydrogen) atoms. The van der Waals surface area contributed by atoms with Crippen molar-refractivity contribution in [2.75, 3.05) is 0 Å². The smallest absolute Gasteiger partial charge is 0.425 e. The van der Waals surface area contributed by atoms with E-state index < -0.39 is 18.2 Å². The standard InChI is InChI=1S/C16H25F3O2/c17-16(18,19)14-12-10-8-6-4-2-1-3-5-7-9-11-13-15(20)21-14/h4,6,14H,1-3,5,7-13H2. The number of carbonyl (C=O) groups excluding carboxylic acids is 1. The van der Waals surface area contributed by atoms with Crippen LogP contribution in [0.5, 0.6) is 0 Å². The summed E-state index contributed by atoms with van der Waals surface area (Å²) in [6.45, 7) is 0. The van der Waals surface area contributed by atoms with Crippen LogP contribution in [0.2, 0.25) is 0 Å². The van der Waals surface area contributed by atoms with Gasteiger partial charge >= 0.3 is 12.1 Å². The van der Waals surface area contributed by atoms with Crippen LogP contribution >= 0.6 is 0 Å². The Hall–Kier alpha value is -1.00. The van der Waals surface area contributed by atoms with Gasteiger partial charge in [0.15, 0.2) is 6.10 Å². The van der Waals surface area contributed by atoms with Crippen molar-refractivity contribution in [2.45, 2.75) is 82.9 Å². The summed E-state index contributed by atoms with van der Waals surface area (Å²) in [5, 5.41) is 0. The molecule has 0 spiro atoms. The highest BCUT2D eigenvalue weighted by atomic mass is 19.4. The molecule has 0 N–H and O–H groups in total. The zero-order valence-corrected chi connectivity index (χ0v) is 12.5. The second-order valence-corrected chi connectivity index (χ2v) is 5.58. The second-order valence-electron chi connectivity index (χ2n) is 5.58. The molecule has 1 rings (SSSR count). The van der Waals surface area contributed by atoms with Crippen LogP contribution in [0.25, 0.3) is 0 Å². The molecule has 0 aromatic carbocycles. The fourth-order valence-corrected chi connectivity index (χ4v) is 2.40. The first-order chi connectivity index (χ1) is 10.00. The molecule has 0 radical (unpaired) electrons. The van der Waals surface area contributed by atoms with E-state index in [-0.39, 0.29) is 12.8 Å². The van der Waals surface area contributed by atoms with Crippen molar-refractivity contribution in [1.82, 2.24) is 0 Å². The molecule has 2 nitrogen and oxygen atoms in total. The highest BCUT2D eigenvalue weighted by molar-refractivity contribution is 5.69. The molecule has 1 unspecified atom stereocenters. The van der Waals surface area contributed by atoms with Crippen LogP contribution in [0.1, 0.15) is 70.6 Å². The zero-order chi connectivity index (χ0) is 15.6. The first kappa shape index (κ1) is 18.1. The minimum atomic E-state index is -4.47. The number of rotatable bonds is 0. The van der Waals surface area contributed by atoms with E-state index in [1.165, 1.54) is 6.42 Å². The highest BCUT2D eigenvalue weighted by Crippen LogP contribution is 2.27. The second kappa shape index (κ2) is 9.85. The molecular weight excluding hydrogens is 281 g/mol. The van der Waals surface area contributed by atoms with Gasteiger partial charge in [0.05, 0.1) is 0 Å². The summed E-state index contributed by atoms with van der Waals surface area (Å²) in [6, 6.07) is 0. The number of allylic oxidation sites excluding steroid dienone is 2. The summed E-state index contributed by atoms with van der Waals surface area (Å²) in [6.07, 6.45) is 5.41. The molecule has 0 aliphatic carbocycles. The summed E-state index contributed by atoms with van der Waals surface area (Å²) in [5.74, 6) is -0.722. The van der Waals surface area contributed by atoms with Crippen LogP contribution in [-0.4, -0.2) is 18.2 Å². The molecule has 5 heteroatoms. The first-order valence-corrected chi connectivity index (χ1v) is 7.91. The molecule has 0 bridgehead atoms. The van der Waals surface area contributed by atoms with Gasteiger partial charge in [-0.05, 0) is 38.5 Å². The van der Waals surface area contributed by atoms with Gasteiger partial charge in [-0.1, -0.05) is 37.8 Å². The van der Waals surface area contributed by atoms with Crippen LogP contribution in [-0.2, 0) is 9.53 Å². The molecule has 0 aromatic heterocycles. The Morgan fingerprint density at radius 1 is 0.905 bits per heavy atom. The summed E-state index contributed by atoms with van der Waals surface area (Å²) in [7, 11) is 0. The number of ether oxygens (including phenoxy) is 1. The molecule has 0 fully saturated rings. The van der Waals surface area contributed by atoms with Crippen molar-refractivity contribution in [3.8, 4) is 0 Å². The van der Waals surface area contributed by atoms with Gasteiger partial charge in [0, 0.05) is 6.42 Å². The fourth-order valence-electron chi connectivity index (χ4n) is 2.40. The third kappa shape index (κ3) is 8.79. The Morgan fingerprint density at radius 2 is 1.48 bits per heavy atom. The van der Waals surface area contributed by atoms with Crippen molar-refractivity contribution in [1.29, 1.82) is 0 Å². The number of hydrogen-bond acceptors (Lipinski definition) is 2. The Bertz CT molecular complexity index is 324. The Labute approximate surface area is 124 Å². The molecular formula is C16H25F3O2. The number of cyclic esters (lactones) is 1. The predicted octanol–water partition coefficient (Wildman–Crippen LogP) is 5.32. The lowest BCUT2D eigenvalue weighted by atomic mass is 10.1. The number of alkyl halides is 3. The minimum Gasteiger partial charge on any atom is -0.453 e. The van der Waals surface area contributed by atoms with Crippen LogP contribution in [0.3, 0.4) is 0 Å². The van der Waals surface area contributed by atoms with Gasteiger partial charge in [-0.15, -0.1) is 0 Å².